The molecule has 0 aliphatic rings. The van der Waals surface area contributed by atoms with Gasteiger partial charge in [-0.25, -0.2) is 0 Å². The molecule has 108 valence electrons. The number of unbranched alkanes of at least 4 members (excludes halogenated alkanes) is 1. The number of benzene rings is 1. The summed E-state index contributed by atoms with van der Waals surface area (Å²) in [4.78, 5) is 12.1. The van der Waals surface area contributed by atoms with E-state index >= 15 is 0 Å². The molecular formula is C17H24N2O. The van der Waals surface area contributed by atoms with Crippen LogP contribution in [-0.4, -0.2) is 18.5 Å². The van der Waals surface area contributed by atoms with Crippen molar-refractivity contribution < 1.29 is 4.79 Å². The molecule has 20 heavy (non-hydrogen) atoms. The van der Waals surface area contributed by atoms with Crippen molar-refractivity contribution in [2.45, 2.75) is 46.1 Å². The average molecular weight is 272 g/mol. The minimum atomic E-state index is -0.0185. The average Bonchev–Trinajstić information content (AvgIpc) is 2.43. The number of hydrogen-bond acceptors (Lipinski definition) is 2. The smallest absolute Gasteiger partial charge is 0.251 e. The molecule has 0 radical (unpaired) electrons. The van der Waals surface area contributed by atoms with E-state index in [4.69, 9.17) is 5.73 Å². The van der Waals surface area contributed by atoms with Gasteiger partial charge in [-0.3, -0.25) is 4.79 Å². The van der Waals surface area contributed by atoms with E-state index < -0.39 is 0 Å². The predicted octanol–water partition coefficient (Wildman–Crippen LogP) is 2.61. The number of aryl methyl sites for hydroxylation is 1. The minimum absolute atomic E-state index is 0.0185. The third-order valence-electron chi connectivity index (χ3n) is 3.18. The van der Waals surface area contributed by atoms with Gasteiger partial charge in [0.05, 0.1) is 6.54 Å². The zero-order chi connectivity index (χ0) is 15.0. The highest BCUT2D eigenvalue weighted by atomic mass is 16.1. The predicted molar refractivity (Wildman–Crippen MR) is 83.6 cm³/mol. The first-order valence-corrected chi connectivity index (χ1v) is 7.19. The highest BCUT2D eigenvalue weighted by molar-refractivity contribution is 5.94. The molecule has 0 aromatic heterocycles. The Morgan fingerprint density at radius 1 is 1.45 bits per heavy atom. The fourth-order valence-corrected chi connectivity index (χ4v) is 1.98. The van der Waals surface area contributed by atoms with Gasteiger partial charge < -0.3 is 11.1 Å². The minimum Gasteiger partial charge on any atom is -0.350 e. The fourth-order valence-electron chi connectivity index (χ4n) is 1.98. The summed E-state index contributed by atoms with van der Waals surface area (Å²) in [6, 6.07) is 5.78. The van der Waals surface area contributed by atoms with Crippen LogP contribution in [0.25, 0.3) is 0 Å². The topological polar surface area (TPSA) is 55.1 Å². The Morgan fingerprint density at radius 3 is 2.80 bits per heavy atom. The quantitative estimate of drug-likeness (QED) is 0.810. The van der Waals surface area contributed by atoms with Crippen LogP contribution in [0.2, 0.25) is 0 Å². The molecule has 0 fully saturated rings. The van der Waals surface area contributed by atoms with Crippen LogP contribution in [0.5, 0.6) is 0 Å². The Hall–Kier alpha value is -1.79. The molecule has 1 aromatic rings. The highest BCUT2D eigenvalue weighted by Crippen LogP contribution is 2.11. The van der Waals surface area contributed by atoms with Crippen LogP contribution in [0.3, 0.4) is 0 Å². The maximum absolute atomic E-state index is 12.1. The van der Waals surface area contributed by atoms with E-state index in [0.717, 1.165) is 30.4 Å². The Labute approximate surface area is 121 Å². The van der Waals surface area contributed by atoms with Crippen molar-refractivity contribution >= 4 is 5.91 Å². The van der Waals surface area contributed by atoms with E-state index in [2.05, 4.69) is 24.1 Å². The number of carbonyl (C=O) groups excluding carboxylic acids is 1. The maximum atomic E-state index is 12.1. The van der Waals surface area contributed by atoms with Gasteiger partial charge in [-0.15, -0.1) is 0 Å². The summed E-state index contributed by atoms with van der Waals surface area (Å²) in [6.07, 6.45) is 3.29. The molecule has 0 saturated heterocycles. The van der Waals surface area contributed by atoms with Crippen LogP contribution in [-0.2, 0) is 0 Å². The second kappa shape index (κ2) is 8.39. The Bertz CT molecular complexity index is 511. The lowest BCUT2D eigenvalue weighted by molar-refractivity contribution is 0.0938. The number of nitrogens with two attached hydrogens (primary N) is 1. The summed E-state index contributed by atoms with van der Waals surface area (Å²) in [6.45, 7) is 6.49. The van der Waals surface area contributed by atoms with E-state index in [1.807, 2.05) is 32.0 Å². The monoisotopic (exact) mass is 272 g/mol. The van der Waals surface area contributed by atoms with Crippen LogP contribution in [0.4, 0.5) is 0 Å². The molecule has 1 atom stereocenters. The van der Waals surface area contributed by atoms with E-state index in [-0.39, 0.29) is 11.9 Å². The molecule has 0 spiro atoms. The standard InChI is InChI=1S/C17H24N2O/c1-4-5-7-14(3)19-17(20)16-10-9-15(8-6-11-18)13(2)12-16/h9-10,12,14H,4-5,7,11,18H2,1-3H3,(H,19,20). The molecule has 1 amide bonds. The lowest BCUT2D eigenvalue weighted by atomic mass is 10.0. The Morgan fingerprint density at radius 2 is 2.20 bits per heavy atom. The number of carbonyl (C=O) groups is 1. The van der Waals surface area contributed by atoms with E-state index in [1.165, 1.54) is 0 Å². The van der Waals surface area contributed by atoms with Crippen molar-refractivity contribution in [3.05, 3.63) is 34.9 Å². The van der Waals surface area contributed by atoms with Crippen LogP contribution >= 0.6 is 0 Å². The molecule has 0 saturated carbocycles. The number of hydrogen-bond donors (Lipinski definition) is 2. The van der Waals surface area contributed by atoms with Gasteiger partial charge in [0, 0.05) is 17.2 Å². The van der Waals surface area contributed by atoms with Crippen molar-refractivity contribution in [2.24, 2.45) is 5.73 Å². The lowest BCUT2D eigenvalue weighted by Crippen LogP contribution is -2.32. The van der Waals surface area contributed by atoms with Crippen molar-refractivity contribution in [1.82, 2.24) is 5.32 Å². The zero-order valence-corrected chi connectivity index (χ0v) is 12.6. The second-order valence-electron chi connectivity index (χ2n) is 5.05. The van der Waals surface area contributed by atoms with Gasteiger partial charge in [0.1, 0.15) is 0 Å². The van der Waals surface area contributed by atoms with Gasteiger partial charge in [0.15, 0.2) is 0 Å². The van der Waals surface area contributed by atoms with Gasteiger partial charge >= 0.3 is 0 Å². The SMILES string of the molecule is CCCCC(C)NC(=O)c1ccc(C#CCN)c(C)c1. The summed E-state index contributed by atoms with van der Waals surface area (Å²) in [5, 5.41) is 3.03. The van der Waals surface area contributed by atoms with E-state index in [9.17, 15) is 4.79 Å². The number of amides is 1. The molecule has 0 bridgehead atoms. The number of rotatable bonds is 5. The van der Waals surface area contributed by atoms with E-state index in [1.54, 1.807) is 0 Å². The van der Waals surface area contributed by atoms with Crippen LogP contribution < -0.4 is 11.1 Å². The van der Waals surface area contributed by atoms with E-state index in [0.29, 0.717) is 12.1 Å². The maximum Gasteiger partial charge on any atom is 0.251 e. The van der Waals surface area contributed by atoms with Crippen LogP contribution in [0.1, 0.15) is 54.6 Å². The van der Waals surface area contributed by atoms with Gasteiger partial charge in [-0.05, 0) is 44.0 Å². The van der Waals surface area contributed by atoms with Gasteiger partial charge in [0.2, 0.25) is 0 Å². The molecule has 0 heterocycles. The van der Waals surface area contributed by atoms with Crippen molar-refractivity contribution in [1.29, 1.82) is 0 Å². The number of nitrogens with one attached hydrogen (secondary N) is 1. The van der Waals surface area contributed by atoms with Gasteiger partial charge in [-0.1, -0.05) is 31.6 Å². The first-order valence-electron chi connectivity index (χ1n) is 7.19. The lowest BCUT2D eigenvalue weighted by Gasteiger charge is -2.13. The molecule has 1 unspecified atom stereocenters. The van der Waals surface area contributed by atoms with Crippen molar-refractivity contribution in [3.8, 4) is 11.8 Å². The van der Waals surface area contributed by atoms with Crippen molar-refractivity contribution in [3.63, 3.8) is 0 Å². The second-order valence-corrected chi connectivity index (χ2v) is 5.05. The van der Waals surface area contributed by atoms with Crippen LogP contribution in [0.15, 0.2) is 18.2 Å². The van der Waals surface area contributed by atoms with Gasteiger partial charge in [0.25, 0.3) is 5.91 Å². The van der Waals surface area contributed by atoms with Crippen LogP contribution in [0, 0.1) is 18.8 Å². The molecule has 0 aliphatic carbocycles. The van der Waals surface area contributed by atoms with Crippen molar-refractivity contribution in [2.75, 3.05) is 6.54 Å². The molecule has 1 rings (SSSR count). The van der Waals surface area contributed by atoms with Gasteiger partial charge in [-0.2, -0.15) is 0 Å². The summed E-state index contributed by atoms with van der Waals surface area (Å²) in [5.41, 5.74) is 7.97. The molecule has 3 heteroatoms. The third-order valence-corrected chi connectivity index (χ3v) is 3.18. The first kappa shape index (κ1) is 16.3. The zero-order valence-electron chi connectivity index (χ0n) is 12.6. The molecule has 3 N–H and O–H groups in total. The normalized spacial score (nSPS) is 11.4. The summed E-state index contributed by atoms with van der Waals surface area (Å²) in [5.74, 6) is 5.81. The molecular weight excluding hydrogens is 248 g/mol. The molecule has 3 nitrogen and oxygen atoms in total. The largest absolute Gasteiger partial charge is 0.350 e. The molecule has 1 aromatic carbocycles. The third kappa shape index (κ3) is 5.07. The first-order chi connectivity index (χ1) is 9.58. The Kier molecular flexibility index (Phi) is 6.83. The fraction of sp³-hybridized carbons (Fsp3) is 0.471. The summed E-state index contributed by atoms with van der Waals surface area (Å²) < 4.78 is 0. The summed E-state index contributed by atoms with van der Waals surface area (Å²) in [7, 11) is 0. The Balaban J connectivity index is 2.72. The summed E-state index contributed by atoms with van der Waals surface area (Å²) >= 11 is 0. The molecule has 0 aliphatic heterocycles. The highest BCUT2D eigenvalue weighted by Gasteiger charge is 2.10.